The van der Waals surface area contributed by atoms with E-state index in [1.165, 1.54) is 21.0 Å². The quantitative estimate of drug-likeness (QED) is 0.565. The maximum atomic E-state index is 11.4. The Hall–Kier alpha value is -0.220. The summed E-state index contributed by atoms with van der Waals surface area (Å²) in [5, 5.41) is -0.727. The van der Waals surface area contributed by atoms with Gasteiger partial charge in [0.15, 0.2) is 0 Å². The van der Waals surface area contributed by atoms with Crippen LogP contribution in [0, 0.1) is 0 Å². The van der Waals surface area contributed by atoms with Gasteiger partial charge >= 0.3 is 0 Å². The summed E-state index contributed by atoms with van der Waals surface area (Å²) in [5.74, 6) is -0.267. The molecule has 1 atom stereocenters. The lowest BCUT2D eigenvalue weighted by Gasteiger charge is -2.14. The number of sulfonamides is 2. The van der Waals surface area contributed by atoms with Crippen molar-refractivity contribution in [1.82, 2.24) is 9.03 Å². The summed E-state index contributed by atoms with van der Waals surface area (Å²) in [7, 11) is -4.10. The number of nitrogens with one attached hydrogen (secondary N) is 1. The summed E-state index contributed by atoms with van der Waals surface area (Å²) in [6, 6.07) is 0. The molecule has 0 rings (SSSR count). The molecule has 0 fully saturated rings. The zero-order valence-corrected chi connectivity index (χ0v) is 11.3. The first-order valence-electron chi connectivity index (χ1n) is 4.72. The third kappa shape index (κ3) is 4.74. The Morgan fingerprint density at radius 2 is 1.75 bits per heavy atom. The highest BCUT2D eigenvalue weighted by molar-refractivity contribution is 7.90. The molecule has 0 aliphatic heterocycles. The van der Waals surface area contributed by atoms with Gasteiger partial charge in [0.1, 0.15) is 0 Å². The van der Waals surface area contributed by atoms with Crippen molar-refractivity contribution in [1.29, 1.82) is 0 Å². The molecule has 1 unspecified atom stereocenters. The summed E-state index contributed by atoms with van der Waals surface area (Å²) in [6.45, 7) is 1.31. The molecule has 0 aliphatic rings. The number of nitrogens with zero attached hydrogens (tertiary/aromatic N) is 1. The zero-order valence-electron chi connectivity index (χ0n) is 9.67. The Bertz CT molecular complexity index is 401. The van der Waals surface area contributed by atoms with Crippen LogP contribution in [0.1, 0.15) is 6.92 Å². The molecule has 0 radical (unpaired) electrons. The Morgan fingerprint density at radius 3 is 2.12 bits per heavy atom. The van der Waals surface area contributed by atoms with E-state index in [-0.39, 0.29) is 18.8 Å². The van der Waals surface area contributed by atoms with Gasteiger partial charge in [0.05, 0.1) is 11.0 Å². The molecule has 0 saturated heterocycles. The number of hydrogen-bond donors (Lipinski definition) is 2. The van der Waals surface area contributed by atoms with Gasteiger partial charge in [-0.05, 0) is 6.92 Å². The van der Waals surface area contributed by atoms with Crippen molar-refractivity contribution in [3.63, 3.8) is 0 Å². The van der Waals surface area contributed by atoms with Gasteiger partial charge in [0, 0.05) is 27.2 Å². The summed E-state index contributed by atoms with van der Waals surface area (Å²) in [6.07, 6.45) is 0. The third-order valence-corrected chi connectivity index (χ3v) is 5.77. The van der Waals surface area contributed by atoms with Gasteiger partial charge in [-0.2, -0.15) is 0 Å². The van der Waals surface area contributed by atoms with E-state index in [4.69, 9.17) is 5.73 Å². The summed E-state index contributed by atoms with van der Waals surface area (Å²) in [5.41, 5.74) is 5.22. The molecule has 16 heavy (non-hydrogen) atoms. The molecule has 0 amide bonds. The third-order valence-electron chi connectivity index (χ3n) is 2.08. The molecule has 9 heteroatoms. The minimum atomic E-state index is -3.52. The second kappa shape index (κ2) is 5.92. The van der Waals surface area contributed by atoms with Gasteiger partial charge in [-0.15, -0.1) is 0 Å². The van der Waals surface area contributed by atoms with Crippen molar-refractivity contribution in [3.8, 4) is 0 Å². The zero-order chi connectivity index (χ0) is 13.0. The summed E-state index contributed by atoms with van der Waals surface area (Å²) >= 11 is 0. The molecule has 0 aromatic heterocycles. The fraction of sp³-hybridized carbons (Fsp3) is 1.00. The normalized spacial score (nSPS) is 15.3. The fourth-order valence-electron chi connectivity index (χ4n) is 0.764. The first-order valence-corrected chi connectivity index (χ1v) is 7.88. The van der Waals surface area contributed by atoms with Crippen LogP contribution in [0.3, 0.4) is 0 Å². The van der Waals surface area contributed by atoms with Gasteiger partial charge < -0.3 is 5.73 Å². The molecule has 0 bridgehead atoms. The Labute approximate surface area is 97.1 Å². The highest BCUT2D eigenvalue weighted by Crippen LogP contribution is 1.97. The van der Waals surface area contributed by atoms with Crippen LogP contribution in [0.25, 0.3) is 0 Å². The molecule has 0 heterocycles. The number of hydrogen-bond acceptors (Lipinski definition) is 5. The maximum Gasteiger partial charge on any atom is 0.215 e. The minimum absolute atomic E-state index is 0.00420. The smallest absolute Gasteiger partial charge is 0.215 e. The molecule has 0 spiro atoms. The highest BCUT2D eigenvalue weighted by Gasteiger charge is 2.20. The molecule has 7 nitrogen and oxygen atoms in total. The van der Waals surface area contributed by atoms with E-state index in [9.17, 15) is 16.8 Å². The first kappa shape index (κ1) is 15.8. The average Bonchev–Trinajstić information content (AvgIpc) is 2.15. The topological polar surface area (TPSA) is 110 Å². The van der Waals surface area contributed by atoms with Crippen LogP contribution in [0.2, 0.25) is 0 Å². The predicted molar refractivity (Wildman–Crippen MR) is 62.9 cm³/mol. The van der Waals surface area contributed by atoms with Gasteiger partial charge in [0.25, 0.3) is 0 Å². The lowest BCUT2D eigenvalue weighted by molar-refractivity contribution is 0.519. The molecule has 3 N–H and O–H groups in total. The second-order valence-electron chi connectivity index (χ2n) is 3.58. The van der Waals surface area contributed by atoms with E-state index in [0.717, 1.165) is 4.31 Å². The fourth-order valence-corrected chi connectivity index (χ4v) is 2.54. The van der Waals surface area contributed by atoms with E-state index in [0.29, 0.717) is 0 Å². The largest absolute Gasteiger partial charge is 0.329 e. The van der Waals surface area contributed by atoms with Crippen molar-refractivity contribution in [2.75, 3.05) is 32.9 Å². The van der Waals surface area contributed by atoms with Gasteiger partial charge in [-0.3, -0.25) is 0 Å². The SMILES string of the molecule is CC(CN)S(=O)(=O)NCCS(=O)(=O)N(C)C. The van der Waals surface area contributed by atoms with Crippen molar-refractivity contribution in [3.05, 3.63) is 0 Å². The van der Waals surface area contributed by atoms with E-state index in [2.05, 4.69) is 4.72 Å². The van der Waals surface area contributed by atoms with Gasteiger partial charge in [-0.25, -0.2) is 25.9 Å². The molecule has 0 aliphatic carbocycles. The molecular weight excluding hydrogens is 254 g/mol. The van der Waals surface area contributed by atoms with Crippen LogP contribution in [0.4, 0.5) is 0 Å². The van der Waals surface area contributed by atoms with Gasteiger partial charge in [0.2, 0.25) is 20.0 Å². The number of rotatable bonds is 7. The lowest BCUT2D eigenvalue weighted by atomic mass is 10.5. The second-order valence-corrected chi connectivity index (χ2v) is 8.07. The highest BCUT2D eigenvalue weighted by atomic mass is 32.2. The molecule has 0 aromatic carbocycles. The lowest BCUT2D eigenvalue weighted by Crippen LogP contribution is -2.40. The van der Waals surface area contributed by atoms with Crippen molar-refractivity contribution in [2.45, 2.75) is 12.2 Å². The molecule has 0 aromatic rings. The Morgan fingerprint density at radius 1 is 1.25 bits per heavy atom. The minimum Gasteiger partial charge on any atom is -0.329 e. The maximum absolute atomic E-state index is 11.4. The Balaban J connectivity index is 4.30. The average molecular weight is 273 g/mol. The van der Waals surface area contributed by atoms with Crippen molar-refractivity contribution in [2.24, 2.45) is 5.73 Å². The van der Waals surface area contributed by atoms with Crippen LogP contribution >= 0.6 is 0 Å². The summed E-state index contributed by atoms with van der Waals surface area (Å²) in [4.78, 5) is 0. The van der Waals surface area contributed by atoms with Crippen LogP contribution in [-0.4, -0.2) is 59.3 Å². The molecule has 0 saturated carbocycles. The van der Waals surface area contributed by atoms with Crippen molar-refractivity contribution < 1.29 is 16.8 Å². The van der Waals surface area contributed by atoms with Crippen LogP contribution < -0.4 is 10.5 Å². The van der Waals surface area contributed by atoms with Crippen molar-refractivity contribution >= 4 is 20.0 Å². The summed E-state index contributed by atoms with van der Waals surface area (Å²) < 4.78 is 48.7. The van der Waals surface area contributed by atoms with E-state index < -0.39 is 25.3 Å². The van der Waals surface area contributed by atoms with E-state index in [1.807, 2.05) is 0 Å². The van der Waals surface area contributed by atoms with Gasteiger partial charge in [-0.1, -0.05) is 0 Å². The molecular formula is C7H19N3O4S2. The number of nitrogens with two attached hydrogens (primary N) is 1. The predicted octanol–water partition coefficient (Wildman–Crippen LogP) is -1.86. The standard InChI is InChI=1S/C7H19N3O4S2/c1-7(6-8)16(13,14)9-4-5-15(11,12)10(2)3/h7,9H,4-6,8H2,1-3H3. The monoisotopic (exact) mass is 273 g/mol. The van der Waals surface area contributed by atoms with E-state index >= 15 is 0 Å². The van der Waals surface area contributed by atoms with Crippen LogP contribution in [0.15, 0.2) is 0 Å². The molecule has 98 valence electrons. The van der Waals surface area contributed by atoms with Crippen LogP contribution in [-0.2, 0) is 20.0 Å². The van der Waals surface area contributed by atoms with Crippen LogP contribution in [0.5, 0.6) is 0 Å². The first-order chi connectivity index (χ1) is 7.13. The van der Waals surface area contributed by atoms with E-state index in [1.54, 1.807) is 0 Å². The Kier molecular flexibility index (Phi) is 5.84.